The molecule has 1 rings (SSSR count). The number of carbonyl (C=O) groups excluding carboxylic acids is 1. The van der Waals surface area contributed by atoms with Gasteiger partial charge in [0.1, 0.15) is 18.0 Å². The molecule has 1 heterocycles. The number of hydrazine groups is 1. The summed E-state index contributed by atoms with van der Waals surface area (Å²) in [5.74, 6) is 6.94. The summed E-state index contributed by atoms with van der Waals surface area (Å²) in [4.78, 5) is 21.6. The van der Waals surface area contributed by atoms with Crippen molar-refractivity contribution < 1.29 is 4.79 Å². The lowest BCUT2D eigenvalue weighted by atomic mass is 10.0. The Morgan fingerprint density at radius 3 is 2.45 bits per heavy atom. The van der Waals surface area contributed by atoms with E-state index in [1.807, 2.05) is 18.7 Å². The number of nitrogens with zero attached hydrogens (tertiary/aromatic N) is 3. The van der Waals surface area contributed by atoms with Crippen molar-refractivity contribution in [3.8, 4) is 0 Å². The SMILES string of the molecule is CC(C)CN(CC(N)=O)c1ncnc(NN)c1C(C)C. The van der Waals surface area contributed by atoms with E-state index in [-0.39, 0.29) is 18.4 Å². The normalized spacial score (nSPS) is 10.9. The van der Waals surface area contributed by atoms with Gasteiger partial charge < -0.3 is 16.1 Å². The lowest BCUT2D eigenvalue weighted by Gasteiger charge is -2.28. The maximum Gasteiger partial charge on any atom is 0.236 e. The topological polar surface area (TPSA) is 110 Å². The minimum Gasteiger partial charge on any atom is -0.368 e. The number of rotatable bonds is 7. The number of nitrogen functional groups attached to an aromatic ring is 1. The summed E-state index contributed by atoms with van der Waals surface area (Å²) in [5, 5.41) is 0. The third kappa shape index (κ3) is 4.06. The highest BCUT2D eigenvalue weighted by atomic mass is 16.1. The zero-order valence-electron chi connectivity index (χ0n) is 12.6. The van der Waals surface area contributed by atoms with Crippen LogP contribution < -0.4 is 21.9 Å². The van der Waals surface area contributed by atoms with Gasteiger partial charge in [-0.05, 0) is 11.8 Å². The lowest BCUT2D eigenvalue weighted by Crippen LogP contribution is -2.37. The molecule has 7 heteroatoms. The predicted octanol–water partition coefficient (Wildman–Crippen LogP) is 0.833. The lowest BCUT2D eigenvalue weighted by molar-refractivity contribution is -0.116. The number of nitrogens with two attached hydrogens (primary N) is 2. The fourth-order valence-electron chi connectivity index (χ4n) is 2.14. The molecule has 1 amide bonds. The smallest absolute Gasteiger partial charge is 0.236 e. The van der Waals surface area contributed by atoms with Crippen molar-refractivity contribution in [1.82, 2.24) is 9.97 Å². The molecular formula is C13H24N6O. The van der Waals surface area contributed by atoms with Gasteiger partial charge in [0.05, 0.1) is 6.54 Å². The van der Waals surface area contributed by atoms with E-state index in [9.17, 15) is 4.79 Å². The number of nitrogens with one attached hydrogen (secondary N) is 1. The zero-order chi connectivity index (χ0) is 15.3. The van der Waals surface area contributed by atoms with Crippen molar-refractivity contribution >= 4 is 17.5 Å². The number of amides is 1. The Morgan fingerprint density at radius 1 is 1.35 bits per heavy atom. The summed E-state index contributed by atoms with van der Waals surface area (Å²) in [6.45, 7) is 9.02. The molecule has 0 saturated carbocycles. The maximum atomic E-state index is 11.3. The van der Waals surface area contributed by atoms with Crippen LogP contribution in [0.4, 0.5) is 11.6 Å². The van der Waals surface area contributed by atoms with Crippen molar-refractivity contribution in [2.75, 3.05) is 23.4 Å². The molecule has 0 aliphatic carbocycles. The Hall–Kier alpha value is -1.89. The first-order valence-corrected chi connectivity index (χ1v) is 6.71. The Kier molecular flexibility index (Phi) is 5.69. The van der Waals surface area contributed by atoms with Crippen LogP contribution in [0, 0.1) is 5.92 Å². The molecule has 1 aromatic rings. The quantitative estimate of drug-likeness (QED) is 0.504. The van der Waals surface area contributed by atoms with Gasteiger partial charge in [-0.3, -0.25) is 4.79 Å². The molecule has 0 unspecified atom stereocenters. The molecule has 1 aromatic heterocycles. The first-order valence-electron chi connectivity index (χ1n) is 6.71. The van der Waals surface area contributed by atoms with E-state index < -0.39 is 0 Å². The summed E-state index contributed by atoms with van der Waals surface area (Å²) in [6.07, 6.45) is 1.44. The highest BCUT2D eigenvalue weighted by molar-refractivity contribution is 5.80. The van der Waals surface area contributed by atoms with Crippen LogP contribution in [0.5, 0.6) is 0 Å². The van der Waals surface area contributed by atoms with Gasteiger partial charge in [-0.1, -0.05) is 27.7 Å². The van der Waals surface area contributed by atoms with Gasteiger partial charge in [0, 0.05) is 12.1 Å². The molecule has 0 aromatic carbocycles. The molecular weight excluding hydrogens is 256 g/mol. The number of primary amides is 1. The molecule has 0 saturated heterocycles. The second-order valence-corrected chi connectivity index (χ2v) is 5.50. The fourth-order valence-corrected chi connectivity index (χ4v) is 2.14. The second-order valence-electron chi connectivity index (χ2n) is 5.50. The van der Waals surface area contributed by atoms with E-state index in [4.69, 9.17) is 11.6 Å². The summed E-state index contributed by atoms with van der Waals surface area (Å²) < 4.78 is 0. The van der Waals surface area contributed by atoms with Gasteiger partial charge in [0.15, 0.2) is 0 Å². The van der Waals surface area contributed by atoms with Gasteiger partial charge in [0.25, 0.3) is 0 Å². The first-order chi connectivity index (χ1) is 9.36. The summed E-state index contributed by atoms with van der Waals surface area (Å²) >= 11 is 0. The maximum absolute atomic E-state index is 11.3. The molecule has 0 aliphatic heterocycles. The van der Waals surface area contributed by atoms with Crippen LogP contribution in [0.2, 0.25) is 0 Å². The highest BCUT2D eigenvalue weighted by Crippen LogP contribution is 2.30. The Labute approximate surface area is 119 Å². The van der Waals surface area contributed by atoms with Crippen LogP contribution in [0.1, 0.15) is 39.2 Å². The number of hydrogen-bond donors (Lipinski definition) is 3. The van der Waals surface area contributed by atoms with E-state index in [1.54, 1.807) is 0 Å². The molecule has 112 valence electrons. The summed E-state index contributed by atoms with van der Waals surface area (Å²) in [5.41, 5.74) is 8.81. The average molecular weight is 280 g/mol. The van der Waals surface area contributed by atoms with Gasteiger partial charge in [-0.15, -0.1) is 0 Å². The van der Waals surface area contributed by atoms with Crippen LogP contribution in [0.25, 0.3) is 0 Å². The van der Waals surface area contributed by atoms with Gasteiger partial charge in [0.2, 0.25) is 5.91 Å². The van der Waals surface area contributed by atoms with Gasteiger partial charge in [-0.25, -0.2) is 15.8 Å². The van der Waals surface area contributed by atoms with Crippen LogP contribution >= 0.6 is 0 Å². The number of aromatic nitrogens is 2. The minimum absolute atomic E-state index is 0.124. The zero-order valence-corrected chi connectivity index (χ0v) is 12.6. The largest absolute Gasteiger partial charge is 0.368 e. The van der Waals surface area contributed by atoms with Crippen molar-refractivity contribution in [2.45, 2.75) is 33.6 Å². The minimum atomic E-state index is -0.388. The number of carbonyl (C=O) groups is 1. The van der Waals surface area contributed by atoms with Crippen molar-refractivity contribution in [1.29, 1.82) is 0 Å². The third-order valence-corrected chi connectivity index (χ3v) is 2.81. The standard InChI is InChI=1S/C13H24N6O/c1-8(2)5-19(6-10(14)20)13-11(9(3)4)12(18-15)16-7-17-13/h7-9H,5-6,15H2,1-4H3,(H2,14,20)(H,16,17,18). The molecule has 0 atom stereocenters. The molecule has 0 aliphatic rings. The fraction of sp³-hybridized carbons (Fsp3) is 0.615. The van der Waals surface area contributed by atoms with E-state index in [2.05, 4.69) is 29.2 Å². The van der Waals surface area contributed by atoms with E-state index in [1.165, 1.54) is 6.33 Å². The molecule has 0 fully saturated rings. The highest BCUT2D eigenvalue weighted by Gasteiger charge is 2.21. The van der Waals surface area contributed by atoms with Gasteiger partial charge >= 0.3 is 0 Å². The summed E-state index contributed by atoms with van der Waals surface area (Å²) in [7, 11) is 0. The van der Waals surface area contributed by atoms with Crippen molar-refractivity contribution in [3.05, 3.63) is 11.9 Å². The number of anilines is 2. The van der Waals surface area contributed by atoms with Crippen molar-refractivity contribution in [2.24, 2.45) is 17.5 Å². The molecule has 20 heavy (non-hydrogen) atoms. The molecule has 0 radical (unpaired) electrons. The van der Waals surface area contributed by atoms with Crippen molar-refractivity contribution in [3.63, 3.8) is 0 Å². The predicted molar refractivity (Wildman–Crippen MR) is 80.2 cm³/mol. The Morgan fingerprint density at radius 2 is 2.00 bits per heavy atom. The molecule has 7 nitrogen and oxygen atoms in total. The average Bonchev–Trinajstić information content (AvgIpc) is 2.35. The van der Waals surface area contributed by atoms with Crippen LogP contribution in [-0.2, 0) is 4.79 Å². The van der Waals surface area contributed by atoms with E-state index >= 15 is 0 Å². The first kappa shape index (κ1) is 16.2. The van der Waals surface area contributed by atoms with E-state index in [0.29, 0.717) is 24.1 Å². The third-order valence-electron chi connectivity index (χ3n) is 2.81. The van der Waals surface area contributed by atoms with Crippen LogP contribution in [0.3, 0.4) is 0 Å². The van der Waals surface area contributed by atoms with Gasteiger partial charge in [-0.2, -0.15) is 0 Å². The Balaban J connectivity index is 3.27. The summed E-state index contributed by atoms with van der Waals surface area (Å²) in [6, 6.07) is 0. The van der Waals surface area contributed by atoms with Crippen LogP contribution in [-0.4, -0.2) is 29.0 Å². The monoisotopic (exact) mass is 280 g/mol. The Bertz CT molecular complexity index is 460. The van der Waals surface area contributed by atoms with Crippen LogP contribution in [0.15, 0.2) is 6.33 Å². The molecule has 0 bridgehead atoms. The molecule has 5 N–H and O–H groups in total. The number of hydrogen-bond acceptors (Lipinski definition) is 6. The molecule has 0 spiro atoms. The van der Waals surface area contributed by atoms with E-state index in [0.717, 1.165) is 5.56 Å². The second kappa shape index (κ2) is 7.04.